The summed E-state index contributed by atoms with van der Waals surface area (Å²) in [7, 11) is 0. The van der Waals surface area contributed by atoms with Gasteiger partial charge < -0.3 is 15.0 Å². The van der Waals surface area contributed by atoms with Gasteiger partial charge in [0.15, 0.2) is 6.61 Å². The van der Waals surface area contributed by atoms with Crippen LogP contribution in [0.1, 0.15) is 18.4 Å². The average molecular weight is 380 g/mol. The zero-order valence-electron chi connectivity index (χ0n) is 16.6. The Hall–Kier alpha value is -2.53. The Bertz CT molecular complexity index is 811. The molecule has 0 aromatic heterocycles. The van der Waals surface area contributed by atoms with Crippen molar-refractivity contribution in [2.45, 2.75) is 19.8 Å². The molecule has 0 unspecified atom stereocenters. The van der Waals surface area contributed by atoms with E-state index >= 15 is 0 Å². The molecule has 1 saturated heterocycles. The number of rotatable bonds is 7. The Kier molecular flexibility index (Phi) is 5.81. The molecule has 1 aliphatic heterocycles. The van der Waals surface area contributed by atoms with Gasteiger partial charge in [0.2, 0.25) is 0 Å². The first-order chi connectivity index (χ1) is 13.7. The van der Waals surface area contributed by atoms with Crippen LogP contribution in [0.3, 0.4) is 0 Å². The van der Waals surface area contributed by atoms with Gasteiger partial charge in [0.25, 0.3) is 5.91 Å². The Morgan fingerprint density at radius 1 is 1.07 bits per heavy atom. The quantitative estimate of drug-likeness (QED) is 0.799. The first-order valence-corrected chi connectivity index (χ1v) is 10.2. The van der Waals surface area contributed by atoms with Crippen LogP contribution < -0.4 is 15.0 Å². The number of amides is 1. The summed E-state index contributed by atoms with van der Waals surface area (Å²) in [6.45, 7) is 7.61. The molecule has 28 heavy (non-hydrogen) atoms. The Morgan fingerprint density at radius 3 is 2.61 bits per heavy atom. The zero-order chi connectivity index (χ0) is 19.3. The van der Waals surface area contributed by atoms with Crippen LogP contribution in [-0.2, 0) is 4.79 Å². The molecule has 4 rings (SSSR count). The number of nitrogens with zero attached hydrogens (tertiary/aromatic N) is 2. The monoisotopic (exact) mass is 379 g/mol. The van der Waals surface area contributed by atoms with Gasteiger partial charge in [0.1, 0.15) is 5.75 Å². The third kappa shape index (κ3) is 5.26. The van der Waals surface area contributed by atoms with E-state index in [1.165, 1.54) is 25.1 Å². The highest BCUT2D eigenvalue weighted by atomic mass is 16.5. The van der Waals surface area contributed by atoms with Gasteiger partial charge in [-0.25, -0.2) is 0 Å². The molecule has 5 heteroatoms. The first-order valence-electron chi connectivity index (χ1n) is 10.2. The predicted molar refractivity (Wildman–Crippen MR) is 113 cm³/mol. The standard InChI is InChI=1S/C23H29N3O2/c1-18-4-2-7-22(14-18)28-17-23(27)24-20-5-3-6-21(15-20)26-12-10-25(11-13-26)16-19-8-9-19/h2-7,14-15,19H,8-13,16-17H2,1H3,(H,24,27). The number of anilines is 2. The number of nitrogens with one attached hydrogen (secondary N) is 1. The van der Waals surface area contributed by atoms with Crippen molar-refractivity contribution >= 4 is 17.3 Å². The molecule has 5 nitrogen and oxygen atoms in total. The van der Waals surface area contributed by atoms with Gasteiger partial charge in [-0.3, -0.25) is 9.69 Å². The van der Waals surface area contributed by atoms with E-state index in [2.05, 4.69) is 27.2 Å². The summed E-state index contributed by atoms with van der Waals surface area (Å²) in [6, 6.07) is 15.8. The van der Waals surface area contributed by atoms with Gasteiger partial charge in [-0.2, -0.15) is 0 Å². The molecule has 0 spiro atoms. The van der Waals surface area contributed by atoms with E-state index in [1.807, 2.05) is 43.3 Å². The van der Waals surface area contributed by atoms with Crippen molar-refractivity contribution in [1.82, 2.24) is 4.90 Å². The molecule has 2 aliphatic rings. The van der Waals surface area contributed by atoms with Gasteiger partial charge in [0, 0.05) is 44.1 Å². The second-order valence-electron chi connectivity index (χ2n) is 7.93. The normalized spacial score (nSPS) is 17.4. The molecular formula is C23H29N3O2. The maximum atomic E-state index is 12.3. The lowest BCUT2D eigenvalue weighted by Gasteiger charge is -2.36. The zero-order valence-corrected chi connectivity index (χ0v) is 16.6. The minimum Gasteiger partial charge on any atom is -0.484 e. The molecule has 148 valence electrons. The van der Waals surface area contributed by atoms with Crippen LogP contribution >= 0.6 is 0 Å². The van der Waals surface area contributed by atoms with Gasteiger partial charge in [-0.05, 0) is 61.6 Å². The van der Waals surface area contributed by atoms with Gasteiger partial charge >= 0.3 is 0 Å². The summed E-state index contributed by atoms with van der Waals surface area (Å²) in [4.78, 5) is 17.2. The highest BCUT2D eigenvalue weighted by Gasteiger charge is 2.26. The molecule has 2 aromatic rings. The number of ether oxygens (including phenoxy) is 1. The van der Waals surface area contributed by atoms with Gasteiger partial charge in [-0.15, -0.1) is 0 Å². The van der Waals surface area contributed by atoms with Crippen molar-refractivity contribution in [3.05, 3.63) is 54.1 Å². The first kappa shape index (κ1) is 18.8. The van der Waals surface area contributed by atoms with E-state index in [4.69, 9.17) is 4.74 Å². The maximum absolute atomic E-state index is 12.3. The van der Waals surface area contributed by atoms with Crippen molar-refractivity contribution in [1.29, 1.82) is 0 Å². The van der Waals surface area contributed by atoms with Crippen molar-refractivity contribution in [3.8, 4) is 5.75 Å². The molecule has 2 aromatic carbocycles. The molecule has 0 atom stereocenters. The number of hydrogen-bond donors (Lipinski definition) is 1. The summed E-state index contributed by atoms with van der Waals surface area (Å²) < 4.78 is 5.59. The number of carbonyl (C=O) groups is 1. The number of hydrogen-bond acceptors (Lipinski definition) is 4. The average Bonchev–Trinajstić information content (AvgIpc) is 3.51. The fraction of sp³-hybridized carbons (Fsp3) is 0.435. The third-order valence-corrected chi connectivity index (χ3v) is 5.44. The van der Waals surface area contributed by atoms with E-state index in [1.54, 1.807) is 0 Å². The lowest BCUT2D eigenvalue weighted by atomic mass is 10.2. The predicted octanol–water partition coefficient (Wildman–Crippen LogP) is 3.54. The fourth-order valence-corrected chi connectivity index (χ4v) is 3.69. The minimum atomic E-state index is -0.145. The second kappa shape index (κ2) is 8.65. The summed E-state index contributed by atoms with van der Waals surface area (Å²) in [5.74, 6) is 1.52. The number of benzene rings is 2. The number of piperazine rings is 1. The van der Waals surface area contributed by atoms with Crippen LogP contribution in [0, 0.1) is 12.8 Å². The molecule has 1 N–H and O–H groups in total. The van der Waals surface area contributed by atoms with Crippen LogP contribution in [0.15, 0.2) is 48.5 Å². The Labute approximate surface area is 167 Å². The van der Waals surface area contributed by atoms with Gasteiger partial charge in [-0.1, -0.05) is 18.2 Å². The third-order valence-electron chi connectivity index (χ3n) is 5.44. The van der Waals surface area contributed by atoms with Crippen LogP contribution in [0.4, 0.5) is 11.4 Å². The minimum absolute atomic E-state index is 0.00746. The maximum Gasteiger partial charge on any atom is 0.262 e. The molecule has 1 heterocycles. The summed E-state index contributed by atoms with van der Waals surface area (Å²) in [5.41, 5.74) is 3.10. The highest BCUT2D eigenvalue weighted by Crippen LogP contribution is 2.30. The lowest BCUT2D eigenvalue weighted by Crippen LogP contribution is -2.47. The number of carbonyl (C=O) groups excluding carboxylic acids is 1. The van der Waals surface area contributed by atoms with Crippen molar-refractivity contribution in [2.24, 2.45) is 5.92 Å². The summed E-state index contributed by atoms with van der Waals surface area (Å²) >= 11 is 0. The number of aryl methyl sites for hydroxylation is 1. The van der Waals surface area contributed by atoms with E-state index < -0.39 is 0 Å². The van der Waals surface area contributed by atoms with E-state index in [-0.39, 0.29) is 12.5 Å². The fourth-order valence-electron chi connectivity index (χ4n) is 3.69. The summed E-state index contributed by atoms with van der Waals surface area (Å²) in [6.07, 6.45) is 2.82. The molecule has 1 saturated carbocycles. The van der Waals surface area contributed by atoms with Crippen molar-refractivity contribution in [3.63, 3.8) is 0 Å². The smallest absolute Gasteiger partial charge is 0.262 e. The van der Waals surface area contributed by atoms with E-state index in [0.29, 0.717) is 5.75 Å². The Balaban J connectivity index is 1.27. The van der Waals surface area contributed by atoms with Crippen LogP contribution in [0.5, 0.6) is 5.75 Å². The van der Waals surface area contributed by atoms with E-state index in [9.17, 15) is 4.79 Å². The molecule has 0 bridgehead atoms. The van der Waals surface area contributed by atoms with Crippen LogP contribution in [-0.4, -0.2) is 50.1 Å². The largest absolute Gasteiger partial charge is 0.484 e. The van der Waals surface area contributed by atoms with Gasteiger partial charge in [0.05, 0.1) is 0 Å². The molecule has 1 aliphatic carbocycles. The Morgan fingerprint density at radius 2 is 1.86 bits per heavy atom. The molecular weight excluding hydrogens is 350 g/mol. The molecule has 2 fully saturated rings. The van der Waals surface area contributed by atoms with Crippen LogP contribution in [0.2, 0.25) is 0 Å². The summed E-state index contributed by atoms with van der Waals surface area (Å²) in [5, 5.41) is 2.95. The van der Waals surface area contributed by atoms with Crippen molar-refractivity contribution < 1.29 is 9.53 Å². The topological polar surface area (TPSA) is 44.8 Å². The van der Waals surface area contributed by atoms with Crippen molar-refractivity contribution in [2.75, 3.05) is 49.5 Å². The SMILES string of the molecule is Cc1cccc(OCC(=O)Nc2cccc(N3CCN(CC4CC4)CC3)c2)c1. The molecule has 1 amide bonds. The van der Waals surface area contributed by atoms with Crippen LogP contribution in [0.25, 0.3) is 0 Å². The lowest BCUT2D eigenvalue weighted by molar-refractivity contribution is -0.118. The second-order valence-corrected chi connectivity index (χ2v) is 7.93. The molecule has 0 radical (unpaired) electrons. The highest BCUT2D eigenvalue weighted by molar-refractivity contribution is 5.92. The van der Waals surface area contributed by atoms with E-state index in [0.717, 1.165) is 43.3 Å².